The van der Waals surface area contributed by atoms with Gasteiger partial charge in [-0.3, -0.25) is 9.59 Å². The normalized spacial score (nSPS) is 23.4. The van der Waals surface area contributed by atoms with E-state index in [1.807, 2.05) is 91.0 Å². The molecule has 1 aliphatic heterocycles. The quantitative estimate of drug-likeness (QED) is 0.338. The lowest BCUT2D eigenvalue weighted by atomic mass is 9.80. The number of carbonyl (C=O) groups excluding carboxylic acids is 2. The van der Waals surface area contributed by atoms with Crippen LogP contribution in [0.1, 0.15) is 30.5 Å². The maximum atomic E-state index is 11.9. The molecule has 0 aromatic heterocycles. The first-order valence-electron chi connectivity index (χ1n) is 12.4. The van der Waals surface area contributed by atoms with Gasteiger partial charge in [-0.1, -0.05) is 91.0 Å². The van der Waals surface area contributed by atoms with Crippen molar-refractivity contribution >= 4 is 11.9 Å². The Labute approximate surface area is 222 Å². The molecule has 0 spiro atoms. The lowest BCUT2D eigenvalue weighted by Crippen LogP contribution is -2.61. The molecule has 1 N–H and O–H groups in total. The van der Waals surface area contributed by atoms with Crippen molar-refractivity contribution in [2.24, 2.45) is 0 Å². The van der Waals surface area contributed by atoms with Gasteiger partial charge >= 0.3 is 11.9 Å². The third-order valence-electron chi connectivity index (χ3n) is 6.46. The Hall–Kier alpha value is -3.56. The van der Waals surface area contributed by atoms with E-state index in [0.29, 0.717) is 0 Å². The Morgan fingerprint density at radius 1 is 0.763 bits per heavy atom. The summed E-state index contributed by atoms with van der Waals surface area (Å²) in [5.41, 5.74) is 1.57. The van der Waals surface area contributed by atoms with Crippen LogP contribution in [0.15, 0.2) is 91.0 Å². The number of hydrogen-bond donors (Lipinski definition) is 1. The maximum absolute atomic E-state index is 11.9. The molecule has 200 valence electrons. The second-order valence-electron chi connectivity index (χ2n) is 9.01. The molecule has 0 radical (unpaired) electrons. The zero-order valence-electron chi connectivity index (χ0n) is 21.6. The number of carbonyl (C=O) groups is 2. The Balaban J connectivity index is 1.74. The van der Waals surface area contributed by atoms with Crippen molar-refractivity contribution in [1.29, 1.82) is 0 Å². The monoisotopic (exact) mass is 520 g/mol. The SMILES string of the molecule is CO[C@@H]1O[C@@H](COC(c2ccccc2)(c2ccccc2)c2ccccc2)[C@H](O)[C@@H](OC(C)=O)[C@@H]1OC(C)=O. The fraction of sp³-hybridized carbons (Fsp3) is 0.333. The van der Waals surface area contributed by atoms with Crippen LogP contribution in [0.25, 0.3) is 0 Å². The van der Waals surface area contributed by atoms with Crippen molar-refractivity contribution in [3.05, 3.63) is 108 Å². The van der Waals surface area contributed by atoms with E-state index in [-0.39, 0.29) is 6.61 Å². The summed E-state index contributed by atoms with van der Waals surface area (Å²) in [6.45, 7) is 2.32. The van der Waals surface area contributed by atoms with E-state index in [4.69, 9.17) is 23.7 Å². The zero-order valence-corrected chi connectivity index (χ0v) is 21.6. The van der Waals surface area contributed by atoms with Crippen LogP contribution >= 0.6 is 0 Å². The number of methoxy groups -OCH3 is 1. The summed E-state index contributed by atoms with van der Waals surface area (Å²) in [5, 5.41) is 11.3. The Kier molecular flexibility index (Phi) is 8.91. The number of ether oxygens (including phenoxy) is 5. The highest BCUT2D eigenvalue weighted by Gasteiger charge is 2.50. The standard InChI is InChI=1S/C30H32O8/c1-20(31)36-27-26(33)25(38-29(34-3)28(27)37-21(2)32)19-35-30(22-13-7-4-8-14-22,23-15-9-5-10-16-23)24-17-11-6-12-18-24/h4-18,25-29,33H,19H2,1-3H3/t25-,26-,27+,28-,29+/m0/s1. The van der Waals surface area contributed by atoms with Gasteiger partial charge in [0.2, 0.25) is 0 Å². The largest absolute Gasteiger partial charge is 0.455 e. The van der Waals surface area contributed by atoms with Gasteiger partial charge in [0.1, 0.15) is 17.8 Å². The van der Waals surface area contributed by atoms with Crippen LogP contribution in [-0.4, -0.2) is 61.5 Å². The summed E-state index contributed by atoms with van der Waals surface area (Å²) in [6.07, 6.45) is -5.82. The average Bonchev–Trinajstić information content (AvgIpc) is 2.93. The molecular formula is C30H32O8. The lowest BCUT2D eigenvalue weighted by molar-refractivity contribution is -0.304. The van der Waals surface area contributed by atoms with Gasteiger partial charge in [-0.2, -0.15) is 0 Å². The van der Waals surface area contributed by atoms with Gasteiger partial charge in [-0.05, 0) is 16.7 Å². The molecule has 38 heavy (non-hydrogen) atoms. The maximum Gasteiger partial charge on any atom is 0.303 e. The minimum atomic E-state index is -1.37. The first-order valence-corrected chi connectivity index (χ1v) is 12.4. The fourth-order valence-electron chi connectivity index (χ4n) is 4.84. The van der Waals surface area contributed by atoms with Gasteiger partial charge in [-0.15, -0.1) is 0 Å². The van der Waals surface area contributed by atoms with Crippen LogP contribution in [-0.2, 0) is 38.9 Å². The van der Waals surface area contributed by atoms with E-state index in [1.54, 1.807) is 0 Å². The van der Waals surface area contributed by atoms with E-state index < -0.39 is 48.2 Å². The molecule has 1 fully saturated rings. The van der Waals surface area contributed by atoms with Crippen LogP contribution in [0.3, 0.4) is 0 Å². The van der Waals surface area contributed by atoms with Crippen molar-refractivity contribution in [2.45, 2.75) is 50.2 Å². The Morgan fingerprint density at radius 2 is 1.18 bits per heavy atom. The van der Waals surface area contributed by atoms with Gasteiger partial charge in [0.25, 0.3) is 0 Å². The molecule has 8 heteroatoms. The molecule has 3 aromatic rings. The van der Waals surface area contributed by atoms with Crippen molar-refractivity contribution in [3.8, 4) is 0 Å². The number of aliphatic hydroxyl groups excluding tert-OH is 1. The first kappa shape index (κ1) is 27.5. The summed E-state index contributed by atoms with van der Waals surface area (Å²) in [6, 6.07) is 29.3. The third-order valence-corrected chi connectivity index (χ3v) is 6.46. The van der Waals surface area contributed by atoms with Crippen LogP contribution in [0, 0.1) is 0 Å². The van der Waals surface area contributed by atoms with Crippen LogP contribution in [0.5, 0.6) is 0 Å². The zero-order chi connectivity index (χ0) is 27.1. The van der Waals surface area contributed by atoms with Gasteiger partial charge in [0.15, 0.2) is 18.5 Å². The molecular weight excluding hydrogens is 488 g/mol. The molecule has 0 aliphatic carbocycles. The number of hydrogen-bond acceptors (Lipinski definition) is 8. The number of benzene rings is 3. The molecule has 1 heterocycles. The van der Waals surface area contributed by atoms with Crippen LogP contribution in [0.4, 0.5) is 0 Å². The molecule has 0 amide bonds. The lowest BCUT2D eigenvalue weighted by Gasteiger charge is -2.44. The predicted octanol–water partition coefficient (Wildman–Crippen LogP) is 3.59. The highest BCUT2D eigenvalue weighted by molar-refractivity contribution is 5.67. The third kappa shape index (κ3) is 5.79. The van der Waals surface area contributed by atoms with Crippen LogP contribution in [0.2, 0.25) is 0 Å². The van der Waals surface area contributed by atoms with E-state index in [0.717, 1.165) is 16.7 Å². The molecule has 1 aliphatic rings. The summed E-state index contributed by atoms with van der Waals surface area (Å²) in [7, 11) is 1.38. The highest BCUT2D eigenvalue weighted by atomic mass is 16.7. The summed E-state index contributed by atoms with van der Waals surface area (Å²) < 4.78 is 28.9. The van der Waals surface area contributed by atoms with E-state index in [1.165, 1.54) is 21.0 Å². The van der Waals surface area contributed by atoms with Gasteiger partial charge in [-0.25, -0.2) is 0 Å². The summed E-state index contributed by atoms with van der Waals surface area (Å²) in [4.78, 5) is 23.6. The van der Waals surface area contributed by atoms with Gasteiger partial charge in [0, 0.05) is 21.0 Å². The number of aliphatic hydroxyl groups is 1. The second kappa shape index (κ2) is 12.3. The number of rotatable bonds is 9. The molecule has 0 saturated carbocycles. The summed E-state index contributed by atoms with van der Waals surface area (Å²) >= 11 is 0. The molecule has 0 unspecified atom stereocenters. The van der Waals surface area contributed by atoms with Crippen LogP contribution < -0.4 is 0 Å². The molecule has 0 bridgehead atoms. The fourth-order valence-corrected chi connectivity index (χ4v) is 4.84. The summed E-state index contributed by atoms with van der Waals surface area (Å²) in [5.74, 6) is -1.27. The molecule has 8 nitrogen and oxygen atoms in total. The van der Waals surface area contributed by atoms with E-state index in [2.05, 4.69) is 0 Å². The Morgan fingerprint density at radius 3 is 1.58 bits per heavy atom. The second-order valence-corrected chi connectivity index (χ2v) is 9.01. The minimum absolute atomic E-state index is 0.107. The Bertz CT molecular complexity index is 1090. The molecule has 1 saturated heterocycles. The predicted molar refractivity (Wildman–Crippen MR) is 138 cm³/mol. The topological polar surface area (TPSA) is 101 Å². The van der Waals surface area contributed by atoms with Gasteiger partial charge < -0.3 is 28.8 Å². The molecule has 4 rings (SSSR count). The van der Waals surface area contributed by atoms with Crippen molar-refractivity contribution in [2.75, 3.05) is 13.7 Å². The van der Waals surface area contributed by atoms with E-state index >= 15 is 0 Å². The number of esters is 2. The highest BCUT2D eigenvalue weighted by Crippen LogP contribution is 2.41. The smallest absolute Gasteiger partial charge is 0.303 e. The van der Waals surface area contributed by atoms with Crippen molar-refractivity contribution in [1.82, 2.24) is 0 Å². The average molecular weight is 521 g/mol. The van der Waals surface area contributed by atoms with Crippen molar-refractivity contribution in [3.63, 3.8) is 0 Å². The minimum Gasteiger partial charge on any atom is -0.455 e. The molecule has 5 atom stereocenters. The van der Waals surface area contributed by atoms with Gasteiger partial charge in [0.05, 0.1) is 6.61 Å². The molecule has 3 aromatic carbocycles. The van der Waals surface area contributed by atoms with E-state index in [9.17, 15) is 14.7 Å². The van der Waals surface area contributed by atoms with Crippen molar-refractivity contribution < 1.29 is 38.4 Å². The first-order chi connectivity index (χ1) is 18.4.